The molecule has 0 radical (unpaired) electrons. The second kappa shape index (κ2) is 10.8. The molecule has 0 bridgehead atoms. The maximum absolute atomic E-state index is 13.5. The van der Waals surface area contributed by atoms with Crippen LogP contribution >= 0.6 is 11.3 Å². The van der Waals surface area contributed by atoms with Gasteiger partial charge in [-0.3, -0.25) is 9.59 Å². The minimum atomic E-state index is -0.479. The van der Waals surface area contributed by atoms with E-state index in [1.54, 1.807) is 19.1 Å². The summed E-state index contributed by atoms with van der Waals surface area (Å²) in [6.45, 7) is 5.44. The topological polar surface area (TPSA) is 94.8 Å². The van der Waals surface area contributed by atoms with Crippen LogP contribution in [0.4, 0.5) is 5.00 Å². The van der Waals surface area contributed by atoms with E-state index in [4.69, 9.17) is 13.9 Å². The van der Waals surface area contributed by atoms with Gasteiger partial charge < -0.3 is 19.2 Å². The number of anilines is 1. The number of fused-ring (bicyclic) bond motifs is 2. The highest BCUT2D eigenvalue weighted by atomic mass is 32.1. The van der Waals surface area contributed by atoms with Crippen molar-refractivity contribution in [2.24, 2.45) is 0 Å². The summed E-state index contributed by atoms with van der Waals surface area (Å²) in [6.07, 6.45) is 3.69. The Balaban J connectivity index is 1.45. The zero-order valence-corrected chi connectivity index (χ0v) is 22.5. The van der Waals surface area contributed by atoms with Gasteiger partial charge in [0.1, 0.15) is 10.6 Å². The smallest absolute Gasteiger partial charge is 0.341 e. The molecule has 196 valence electrons. The lowest BCUT2D eigenvalue weighted by molar-refractivity contribution is -0.118. The largest absolute Gasteiger partial charge is 0.476 e. The van der Waals surface area contributed by atoms with Crippen molar-refractivity contribution in [2.75, 3.05) is 18.5 Å². The van der Waals surface area contributed by atoms with Crippen molar-refractivity contribution < 1.29 is 23.5 Å². The average molecular weight is 532 g/mol. The van der Waals surface area contributed by atoms with Crippen molar-refractivity contribution in [2.45, 2.75) is 46.5 Å². The third-order valence-corrected chi connectivity index (χ3v) is 7.78. The Bertz CT molecular complexity index is 1580. The molecule has 8 heteroatoms. The number of rotatable bonds is 7. The zero-order valence-electron chi connectivity index (χ0n) is 21.6. The van der Waals surface area contributed by atoms with Gasteiger partial charge in [-0.25, -0.2) is 4.79 Å². The van der Waals surface area contributed by atoms with Gasteiger partial charge in [0.2, 0.25) is 11.2 Å². The van der Waals surface area contributed by atoms with E-state index in [0.717, 1.165) is 47.3 Å². The molecule has 2 aromatic carbocycles. The van der Waals surface area contributed by atoms with E-state index in [0.29, 0.717) is 27.1 Å². The summed E-state index contributed by atoms with van der Waals surface area (Å²) >= 11 is 1.41. The summed E-state index contributed by atoms with van der Waals surface area (Å²) in [4.78, 5) is 40.4. The van der Waals surface area contributed by atoms with Gasteiger partial charge in [0.25, 0.3) is 5.91 Å². The molecule has 4 aromatic rings. The molecule has 7 nitrogen and oxygen atoms in total. The predicted octanol–water partition coefficient (Wildman–Crippen LogP) is 6.21. The first-order valence-corrected chi connectivity index (χ1v) is 13.6. The molecule has 2 heterocycles. The van der Waals surface area contributed by atoms with Gasteiger partial charge in [0.15, 0.2) is 12.4 Å². The molecular weight excluding hydrogens is 502 g/mol. The molecule has 0 atom stereocenters. The van der Waals surface area contributed by atoms with Crippen molar-refractivity contribution in [3.05, 3.63) is 79.8 Å². The Morgan fingerprint density at radius 2 is 1.76 bits per heavy atom. The molecule has 1 N–H and O–H groups in total. The summed E-state index contributed by atoms with van der Waals surface area (Å²) in [5, 5.41) is 3.67. The SMILES string of the molecule is CCOC(=O)c1c(NC(=O)COc2c(-c3ccc(C)cc3)oc3ccc(C)cc3c2=O)sc2c1CCCC2. The second-order valence-electron chi connectivity index (χ2n) is 9.43. The Morgan fingerprint density at radius 3 is 2.53 bits per heavy atom. The van der Waals surface area contributed by atoms with Crippen LogP contribution in [0.3, 0.4) is 0 Å². The van der Waals surface area contributed by atoms with Crippen LogP contribution in [0.1, 0.15) is 51.7 Å². The van der Waals surface area contributed by atoms with E-state index in [1.165, 1.54) is 11.3 Å². The molecule has 0 spiro atoms. The number of hydrogen-bond acceptors (Lipinski definition) is 7. The van der Waals surface area contributed by atoms with Crippen molar-refractivity contribution in [1.82, 2.24) is 0 Å². The Morgan fingerprint density at radius 1 is 1.03 bits per heavy atom. The monoisotopic (exact) mass is 531 g/mol. The third-order valence-electron chi connectivity index (χ3n) is 6.57. The van der Waals surface area contributed by atoms with Crippen LogP contribution in [0.15, 0.2) is 51.7 Å². The molecule has 0 unspecified atom stereocenters. The molecule has 0 saturated carbocycles. The molecule has 0 aliphatic heterocycles. The van der Waals surface area contributed by atoms with Crippen LogP contribution < -0.4 is 15.5 Å². The number of carbonyl (C=O) groups is 2. The van der Waals surface area contributed by atoms with Crippen LogP contribution in [0.5, 0.6) is 5.75 Å². The standard InChI is InChI=1S/C30H29NO6S/c1-4-35-30(34)25-20-7-5-6-8-23(20)38-29(25)31-24(32)16-36-28-26(33)21-15-18(3)11-14-22(21)37-27(28)19-12-9-17(2)10-13-19/h9-15H,4-8,16H2,1-3H3,(H,31,32). The summed E-state index contributed by atoms with van der Waals surface area (Å²) < 4.78 is 17.3. The molecule has 0 fully saturated rings. The number of hydrogen-bond donors (Lipinski definition) is 1. The van der Waals surface area contributed by atoms with E-state index in [9.17, 15) is 14.4 Å². The Kier molecular flexibility index (Phi) is 7.33. The Labute approximate surface area is 224 Å². The van der Waals surface area contributed by atoms with Gasteiger partial charge in [0, 0.05) is 10.4 Å². The molecule has 1 aliphatic carbocycles. The van der Waals surface area contributed by atoms with Gasteiger partial charge in [0.05, 0.1) is 17.6 Å². The first-order valence-electron chi connectivity index (χ1n) is 12.7. The highest BCUT2D eigenvalue weighted by Gasteiger charge is 2.27. The number of esters is 1. The molecule has 0 saturated heterocycles. The van der Waals surface area contributed by atoms with Gasteiger partial charge in [-0.2, -0.15) is 0 Å². The van der Waals surface area contributed by atoms with E-state index >= 15 is 0 Å². The number of benzene rings is 2. The average Bonchev–Trinajstić information content (AvgIpc) is 3.26. The van der Waals surface area contributed by atoms with Gasteiger partial charge in [-0.05, 0) is 64.2 Å². The van der Waals surface area contributed by atoms with Crippen molar-refractivity contribution in [3.63, 3.8) is 0 Å². The number of nitrogens with one attached hydrogen (secondary N) is 1. The number of amides is 1. The van der Waals surface area contributed by atoms with Gasteiger partial charge >= 0.3 is 5.97 Å². The quantitative estimate of drug-likeness (QED) is 0.285. The predicted molar refractivity (Wildman–Crippen MR) is 148 cm³/mol. The molecule has 38 heavy (non-hydrogen) atoms. The number of carbonyl (C=O) groups excluding carboxylic acids is 2. The number of aryl methyl sites for hydroxylation is 3. The minimum absolute atomic E-state index is 0.0295. The maximum atomic E-state index is 13.5. The van der Waals surface area contributed by atoms with E-state index in [-0.39, 0.29) is 23.5 Å². The molecular formula is C30H29NO6S. The van der Waals surface area contributed by atoms with Crippen LogP contribution in [-0.4, -0.2) is 25.1 Å². The molecule has 1 aliphatic rings. The van der Waals surface area contributed by atoms with Crippen molar-refractivity contribution in [3.8, 4) is 17.1 Å². The number of thiophene rings is 1. The first-order chi connectivity index (χ1) is 18.4. The Hall–Kier alpha value is -3.91. The fourth-order valence-electron chi connectivity index (χ4n) is 4.69. The van der Waals surface area contributed by atoms with Crippen molar-refractivity contribution in [1.29, 1.82) is 0 Å². The lowest BCUT2D eigenvalue weighted by Gasteiger charge is -2.13. The zero-order chi connectivity index (χ0) is 26.8. The van der Waals surface area contributed by atoms with E-state index in [1.807, 2.05) is 44.2 Å². The fourth-order valence-corrected chi connectivity index (χ4v) is 5.99. The maximum Gasteiger partial charge on any atom is 0.341 e. The first kappa shape index (κ1) is 25.7. The summed E-state index contributed by atoms with van der Waals surface area (Å²) in [5.74, 6) is -0.681. The van der Waals surface area contributed by atoms with E-state index < -0.39 is 18.5 Å². The highest BCUT2D eigenvalue weighted by Crippen LogP contribution is 2.39. The summed E-state index contributed by atoms with van der Waals surface area (Å²) in [6, 6.07) is 12.9. The van der Waals surface area contributed by atoms with Crippen LogP contribution in [-0.2, 0) is 22.4 Å². The minimum Gasteiger partial charge on any atom is -0.476 e. The van der Waals surface area contributed by atoms with E-state index in [2.05, 4.69) is 5.32 Å². The molecule has 2 aromatic heterocycles. The fraction of sp³-hybridized carbons (Fsp3) is 0.300. The van der Waals surface area contributed by atoms with Crippen LogP contribution in [0.2, 0.25) is 0 Å². The lowest BCUT2D eigenvalue weighted by Crippen LogP contribution is -2.23. The van der Waals surface area contributed by atoms with Gasteiger partial charge in [-0.1, -0.05) is 41.5 Å². The molecule has 5 rings (SSSR count). The summed E-state index contributed by atoms with van der Waals surface area (Å²) in [5.41, 5.74) is 4.12. The second-order valence-corrected chi connectivity index (χ2v) is 10.5. The molecule has 1 amide bonds. The normalized spacial score (nSPS) is 12.7. The lowest BCUT2D eigenvalue weighted by atomic mass is 9.95. The third kappa shape index (κ3) is 5.09. The van der Waals surface area contributed by atoms with Crippen LogP contribution in [0, 0.1) is 13.8 Å². The van der Waals surface area contributed by atoms with Gasteiger partial charge in [-0.15, -0.1) is 11.3 Å². The van der Waals surface area contributed by atoms with Crippen LogP contribution in [0.25, 0.3) is 22.3 Å². The number of ether oxygens (including phenoxy) is 2. The highest BCUT2D eigenvalue weighted by molar-refractivity contribution is 7.17. The summed E-state index contributed by atoms with van der Waals surface area (Å²) in [7, 11) is 0. The van der Waals surface area contributed by atoms with Crippen molar-refractivity contribution >= 4 is 39.2 Å².